The Kier molecular flexibility index (Phi) is 6.56. The Morgan fingerprint density at radius 3 is 2.42 bits per heavy atom. The second-order valence-electron chi connectivity index (χ2n) is 9.24. The molecule has 174 valence electrons. The van der Waals surface area contributed by atoms with Gasteiger partial charge in [-0.1, -0.05) is 19.1 Å². The number of nitrogens with one attached hydrogen (secondary N) is 1. The van der Waals surface area contributed by atoms with E-state index < -0.39 is 6.04 Å². The maximum Gasteiger partial charge on any atom is 0.290 e. The number of quaternary nitrogens is 1. The van der Waals surface area contributed by atoms with Crippen LogP contribution in [-0.4, -0.2) is 44.6 Å². The van der Waals surface area contributed by atoms with Gasteiger partial charge in [0.25, 0.3) is 5.91 Å². The number of hydrogen-bond donors (Lipinski definition) is 1. The van der Waals surface area contributed by atoms with Crippen LogP contribution in [0.4, 0.5) is 0 Å². The lowest BCUT2D eigenvalue weighted by molar-refractivity contribution is -0.858. The van der Waals surface area contributed by atoms with Gasteiger partial charge in [-0.15, -0.1) is 0 Å². The van der Waals surface area contributed by atoms with Crippen LogP contribution in [-0.2, 0) is 0 Å². The second-order valence-corrected chi connectivity index (χ2v) is 9.24. The Morgan fingerprint density at radius 1 is 1.06 bits per heavy atom. The highest BCUT2D eigenvalue weighted by atomic mass is 16.5. The Hall–Kier alpha value is -3.12. The molecule has 1 aromatic heterocycles. The summed E-state index contributed by atoms with van der Waals surface area (Å²) in [6, 6.07) is 11.0. The number of amides is 1. The molecule has 1 N–H and O–H groups in total. The quantitative estimate of drug-likeness (QED) is 0.573. The molecule has 2 aromatic carbocycles. The van der Waals surface area contributed by atoms with E-state index in [4.69, 9.17) is 9.15 Å². The number of fused-ring (bicyclic) bond motifs is 2. The van der Waals surface area contributed by atoms with Crippen molar-refractivity contribution in [3.8, 4) is 5.75 Å². The van der Waals surface area contributed by atoms with Crippen molar-refractivity contribution in [3.05, 3.63) is 74.6 Å². The molecule has 2 heterocycles. The molecule has 3 aromatic rings. The van der Waals surface area contributed by atoms with Crippen LogP contribution in [0.2, 0.25) is 0 Å². The Bertz CT molecular complexity index is 1230. The number of benzene rings is 2. The zero-order valence-corrected chi connectivity index (χ0v) is 20.2. The van der Waals surface area contributed by atoms with E-state index in [2.05, 4.69) is 21.0 Å². The van der Waals surface area contributed by atoms with Crippen LogP contribution in [0.15, 0.2) is 45.6 Å². The van der Waals surface area contributed by atoms with E-state index in [1.165, 1.54) is 4.90 Å². The van der Waals surface area contributed by atoms with E-state index in [9.17, 15) is 9.59 Å². The van der Waals surface area contributed by atoms with Crippen LogP contribution in [0.1, 0.15) is 58.6 Å². The number of carbonyl (C=O) groups excluding carboxylic acids is 1. The summed E-state index contributed by atoms with van der Waals surface area (Å²) in [7, 11) is 4.19. The molecule has 0 spiro atoms. The number of aryl methyl sites for hydroxylation is 2. The van der Waals surface area contributed by atoms with Crippen molar-refractivity contribution < 1.29 is 18.8 Å². The van der Waals surface area contributed by atoms with Crippen molar-refractivity contribution in [3.63, 3.8) is 0 Å². The van der Waals surface area contributed by atoms with Crippen molar-refractivity contribution in [2.45, 2.75) is 39.7 Å². The molecule has 4 rings (SSSR count). The molecule has 1 amide bonds. The topological polar surface area (TPSA) is 64.2 Å². The third kappa shape index (κ3) is 4.40. The predicted octanol–water partition coefficient (Wildman–Crippen LogP) is 3.28. The average molecular weight is 450 g/mol. The van der Waals surface area contributed by atoms with E-state index >= 15 is 0 Å². The molecule has 0 fully saturated rings. The first-order valence-electron chi connectivity index (χ1n) is 11.7. The molecule has 1 atom stereocenters. The van der Waals surface area contributed by atoms with Gasteiger partial charge in [-0.3, -0.25) is 9.59 Å². The standard InChI is InChI=1S/C27H32N2O4/c1-6-14-32-20-10-8-19(9-11-20)24-23-25(30)21-15-17(2)18(3)16-22(21)33-26(23)27(31)29(24)13-7-12-28(4)5/h8-11,15-16,24H,6-7,12-14H2,1-5H3/p+1. The van der Waals surface area contributed by atoms with Crippen LogP contribution < -0.4 is 15.1 Å². The zero-order chi connectivity index (χ0) is 23.7. The second kappa shape index (κ2) is 9.40. The molecular formula is C27H33N2O4+. The Balaban J connectivity index is 1.82. The van der Waals surface area contributed by atoms with E-state index in [1.807, 2.05) is 50.2 Å². The van der Waals surface area contributed by atoms with Crippen LogP contribution >= 0.6 is 0 Å². The first-order chi connectivity index (χ1) is 15.8. The molecule has 1 unspecified atom stereocenters. The van der Waals surface area contributed by atoms with Gasteiger partial charge in [0.05, 0.1) is 44.2 Å². The fraction of sp³-hybridized carbons (Fsp3) is 0.407. The summed E-state index contributed by atoms with van der Waals surface area (Å²) in [6.07, 6.45) is 1.77. The first kappa shape index (κ1) is 23.1. The van der Waals surface area contributed by atoms with E-state index in [-0.39, 0.29) is 17.1 Å². The van der Waals surface area contributed by atoms with Crippen molar-refractivity contribution in [2.75, 3.05) is 33.8 Å². The highest BCUT2D eigenvalue weighted by molar-refractivity contribution is 5.99. The van der Waals surface area contributed by atoms with Crippen LogP contribution in [0.25, 0.3) is 11.0 Å². The van der Waals surface area contributed by atoms with Gasteiger partial charge in [0.1, 0.15) is 11.3 Å². The fourth-order valence-corrected chi connectivity index (χ4v) is 4.42. The number of nitrogens with zero attached hydrogens (tertiary/aromatic N) is 1. The molecule has 1 aliphatic rings. The third-order valence-electron chi connectivity index (χ3n) is 6.33. The summed E-state index contributed by atoms with van der Waals surface area (Å²) < 4.78 is 11.8. The molecule has 6 nitrogen and oxygen atoms in total. The predicted molar refractivity (Wildman–Crippen MR) is 129 cm³/mol. The lowest BCUT2D eigenvalue weighted by Gasteiger charge is -2.25. The van der Waals surface area contributed by atoms with E-state index in [1.54, 1.807) is 4.90 Å². The smallest absolute Gasteiger partial charge is 0.290 e. The molecule has 0 bridgehead atoms. The highest BCUT2D eigenvalue weighted by Crippen LogP contribution is 2.38. The molecule has 1 aliphatic heterocycles. The molecule has 0 saturated heterocycles. The SMILES string of the molecule is CCCOc1ccc(C2c3c(oc4cc(C)c(C)cc4c3=O)C(=O)N2CCC[NH+](C)C)cc1. The molecular weight excluding hydrogens is 416 g/mol. The third-order valence-corrected chi connectivity index (χ3v) is 6.33. The lowest BCUT2D eigenvalue weighted by atomic mass is 9.97. The Labute approximate surface area is 194 Å². The fourth-order valence-electron chi connectivity index (χ4n) is 4.42. The van der Waals surface area contributed by atoms with Crippen LogP contribution in [0.3, 0.4) is 0 Å². The maximum atomic E-state index is 13.7. The molecule has 0 aliphatic carbocycles. The van der Waals surface area contributed by atoms with Crippen molar-refractivity contribution in [1.29, 1.82) is 0 Å². The number of ether oxygens (including phenoxy) is 1. The van der Waals surface area contributed by atoms with Crippen LogP contribution in [0.5, 0.6) is 5.75 Å². The van der Waals surface area contributed by atoms with Gasteiger partial charge in [0, 0.05) is 13.0 Å². The molecule has 0 radical (unpaired) electrons. The number of carbonyl (C=O) groups is 1. The number of rotatable bonds is 8. The van der Waals surface area contributed by atoms with Gasteiger partial charge in [0.15, 0.2) is 5.43 Å². The van der Waals surface area contributed by atoms with Crippen molar-refractivity contribution in [1.82, 2.24) is 4.90 Å². The normalized spacial score (nSPS) is 15.5. The summed E-state index contributed by atoms with van der Waals surface area (Å²) in [5, 5.41) is 0.525. The maximum absolute atomic E-state index is 13.7. The average Bonchev–Trinajstić information content (AvgIpc) is 3.06. The summed E-state index contributed by atoms with van der Waals surface area (Å²) >= 11 is 0. The summed E-state index contributed by atoms with van der Waals surface area (Å²) in [6.45, 7) is 8.16. The summed E-state index contributed by atoms with van der Waals surface area (Å²) in [4.78, 5) is 30.3. The highest BCUT2D eigenvalue weighted by Gasteiger charge is 2.42. The minimum atomic E-state index is -0.466. The Morgan fingerprint density at radius 2 is 1.76 bits per heavy atom. The monoisotopic (exact) mass is 449 g/mol. The van der Waals surface area contributed by atoms with Gasteiger partial charge in [0.2, 0.25) is 5.76 Å². The van der Waals surface area contributed by atoms with Gasteiger partial charge in [-0.25, -0.2) is 0 Å². The van der Waals surface area contributed by atoms with Gasteiger partial charge in [-0.2, -0.15) is 0 Å². The molecule has 0 saturated carbocycles. The van der Waals surface area contributed by atoms with Gasteiger partial charge in [-0.05, 0) is 61.2 Å². The lowest BCUT2D eigenvalue weighted by Crippen LogP contribution is -3.05. The van der Waals surface area contributed by atoms with Crippen LogP contribution in [0, 0.1) is 13.8 Å². The van der Waals surface area contributed by atoms with E-state index in [0.29, 0.717) is 29.7 Å². The largest absolute Gasteiger partial charge is 0.494 e. The van der Waals surface area contributed by atoms with Crippen molar-refractivity contribution >= 4 is 16.9 Å². The molecule has 33 heavy (non-hydrogen) atoms. The van der Waals surface area contributed by atoms with Crippen molar-refractivity contribution in [2.24, 2.45) is 0 Å². The molecule has 6 heteroatoms. The van der Waals surface area contributed by atoms with Gasteiger partial charge >= 0.3 is 0 Å². The van der Waals surface area contributed by atoms with E-state index in [0.717, 1.165) is 41.8 Å². The summed E-state index contributed by atoms with van der Waals surface area (Å²) in [5.74, 6) is 0.737. The zero-order valence-electron chi connectivity index (χ0n) is 20.2. The number of hydrogen-bond acceptors (Lipinski definition) is 4. The minimum Gasteiger partial charge on any atom is -0.494 e. The minimum absolute atomic E-state index is 0.125. The van der Waals surface area contributed by atoms with Gasteiger partial charge < -0.3 is 19.0 Å². The first-order valence-corrected chi connectivity index (χ1v) is 11.7. The summed E-state index contributed by atoms with van der Waals surface area (Å²) in [5.41, 5.74) is 3.73.